The predicted molar refractivity (Wildman–Crippen MR) is 72.7 cm³/mol. The third-order valence-corrected chi connectivity index (χ3v) is 3.19. The van der Waals surface area contributed by atoms with E-state index in [-0.39, 0.29) is 17.4 Å². The van der Waals surface area contributed by atoms with E-state index in [2.05, 4.69) is 10.2 Å². The monoisotopic (exact) mass is 338 g/mol. The SMILES string of the molecule is CC(N)C(=O)N1CCC(c2cc(=O)[nH][nH]2)C1.O=C(O)C(F)(F)F. The first-order valence-corrected chi connectivity index (χ1v) is 6.64. The maximum Gasteiger partial charge on any atom is 0.490 e. The van der Waals surface area contributed by atoms with Crippen LogP contribution in [0.2, 0.25) is 0 Å². The Balaban J connectivity index is 0.000000322. The second-order valence-corrected chi connectivity index (χ2v) is 5.08. The average molecular weight is 338 g/mol. The highest BCUT2D eigenvalue weighted by molar-refractivity contribution is 5.81. The topological polar surface area (TPSA) is 132 Å². The van der Waals surface area contributed by atoms with Crippen molar-refractivity contribution in [3.8, 4) is 0 Å². The van der Waals surface area contributed by atoms with Crippen molar-refractivity contribution in [2.75, 3.05) is 13.1 Å². The number of amides is 1. The molecule has 1 aliphatic rings. The van der Waals surface area contributed by atoms with Crippen LogP contribution in [0.3, 0.4) is 0 Å². The number of hydrogen-bond donors (Lipinski definition) is 4. The number of likely N-dealkylation sites (tertiary alicyclic amines) is 1. The zero-order valence-corrected chi connectivity index (χ0v) is 12.2. The lowest BCUT2D eigenvalue weighted by atomic mass is 10.1. The maximum absolute atomic E-state index is 11.6. The van der Waals surface area contributed by atoms with Gasteiger partial charge in [-0.3, -0.25) is 14.7 Å². The second-order valence-electron chi connectivity index (χ2n) is 5.08. The van der Waals surface area contributed by atoms with Gasteiger partial charge in [-0.05, 0) is 13.3 Å². The number of nitrogens with zero attached hydrogens (tertiary/aromatic N) is 1. The first-order chi connectivity index (χ1) is 10.5. The summed E-state index contributed by atoms with van der Waals surface area (Å²) in [6.07, 6.45) is -4.22. The Labute approximate surface area is 128 Å². The van der Waals surface area contributed by atoms with Gasteiger partial charge in [-0.15, -0.1) is 0 Å². The molecule has 1 fully saturated rings. The molecule has 0 bridgehead atoms. The smallest absolute Gasteiger partial charge is 0.475 e. The van der Waals surface area contributed by atoms with E-state index in [4.69, 9.17) is 15.6 Å². The van der Waals surface area contributed by atoms with E-state index >= 15 is 0 Å². The average Bonchev–Trinajstić information content (AvgIpc) is 3.05. The van der Waals surface area contributed by atoms with Crippen LogP contribution >= 0.6 is 0 Å². The molecule has 0 aromatic carbocycles. The van der Waals surface area contributed by atoms with E-state index in [0.717, 1.165) is 12.1 Å². The molecule has 0 radical (unpaired) electrons. The first kappa shape index (κ1) is 18.7. The van der Waals surface area contributed by atoms with Crippen molar-refractivity contribution >= 4 is 11.9 Å². The number of hydrogen-bond acceptors (Lipinski definition) is 4. The molecule has 11 heteroatoms. The lowest BCUT2D eigenvalue weighted by Crippen LogP contribution is -2.40. The summed E-state index contributed by atoms with van der Waals surface area (Å²) in [7, 11) is 0. The van der Waals surface area contributed by atoms with Crippen LogP contribution in [0, 0.1) is 0 Å². The number of carboxylic acid groups (broad SMARTS) is 1. The number of nitrogens with two attached hydrogens (primary N) is 1. The van der Waals surface area contributed by atoms with E-state index in [9.17, 15) is 22.8 Å². The number of H-pyrrole nitrogens is 2. The highest BCUT2D eigenvalue weighted by atomic mass is 19.4. The Morgan fingerprint density at radius 3 is 2.39 bits per heavy atom. The van der Waals surface area contributed by atoms with E-state index in [1.807, 2.05) is 0 Å². The van der Waals surface area contributed by atoms with Crippen LogP contribution in [0.1, 0.15) is 25.0 Å². The molecule has 1 aromatic rings. The molecule has 23 heavy (non-hydrogen) atoms. The van der Waals surface area contributed by atoms with Crippen LogP contribution in [0.25, 0.3) is 0 Å². The molecule has 0 saturated carbocycles. The number of halogens is 3. The molecule has 2 unspecified atom stereocenters. The second kappa shape index (κ2) is 7.31. The van der Waals surface area contributed by atoms with Crippen LogP contribution < -0.4 is 11.3 Å². The van der Waals surface area contributed by atoms with Gasteiger partial charge in [0.05, 0.1) is 6.04 Å². The van der Waals surface area contributed by atoms with Crippen LogP contribution in [0.5, 0.6) is 0 Å². The number of rotatable bonds is 2. The summed E-state index contributed by atoms with van der Waals surface area (Å²) in [6.45, 7) is 3.03. The van der Waals surface area contributed by atoms with E-state index < -0.39 is 18.2 Å². The van der Waals surface area contributed by atoms with Gasteiger partial charge < -0.3 is 20.8 Å². The molecule has 1 saturated heterocycles. The molecule has 130 valence electrons. The van der Waals surface area contributed by atoms with Gasteiger partial charge in [0.1, 0.15) is 0 Å². The minimum absolute atomic E-state index is 0.0274. The van der Waals surface area contributed by atoms with Crippen LogP contribution in [0.4, 0.5) is 13.2 Å². The largest absolute Gasteiger partial charge is 0.490 e. The fourth-order valence-corrected chi connectivity index (χ4v) is 2.07. The molecule has 2 heterocycles. The molecular weight excluding hydrogens is 321 g/mol. The predicted octanol–water partition coefficient (Wildman–Crippen LogP) is -0.000600. The van der Waals surface area contributed by atoms with Crippen LogP contribution in [-0.2, 0) is 9.59 Å². The van der Waals surface area contributed by atoms with Crippen molar-refractivity contribution < 1.29 is 27.9 Å². The van der Waals surface area contributed by atoms with Gasteiger partial charge in [0.25, 0.3) is 5.56 Å². The maximum atomic E-state index is 11.6. The minimum atomic E-state index is -5.08. The third kappa shape index (κ3) is 5.43. The van der Waals surface area contributed by atoms with Crippen molar-refractivity contribution in [1.82, 2.24) is 15.1 Å². The lowest BCUT2D eigenvalue weighted by Gasteiger charge is -2.18. The molecule has 2 rings (SSSR count). The van der Waals surface area contributed by atoms with Gasteiger partial charge in [0.15, 0.2) is 0 Å². The van der Waals surface area contributed by atoms with E-state index in [1.165, 1.54) is 0 Å². The zero-order chi connectivity index (χ0) is 17.8. The number of aromatic amines is 2. The number of carbonyl (C=O) groups is 2. The summed E-state index contributed by atoms with van der Waals surface area (Å²) in [4.78, 5) is 33.3. The molecule has 1 amide bonds. The summed E-state index contributed by atoms with van der Waals surface area (Å²) in [6, 6.07) is 1.09. The molecular formula is C12H17F3N4O4. The molecule has 5 N–H and O–H groups in total. The highest BCUT2D eigenvalue weighted by Gasteiger charge is 2.38. The first-order valence-electron chi connectivity index (χ1n) is 6.64. The fourth-order valence-electron chi connectivity index (χ4n) is 2.07. The molecule has 1 aromatic heterocycles. The standard InChI is InChI=1S/C10H16N4O2.C2HF3O2/c1-6(11)10(16)14-3-2-7(5-14)8-4-9(15)13-12-8;3-2(4,5)1(6)7/h4,6-7H,2-3,5,11H2,1H3,(H2,12,13,15);(H,6,7). The Morgan fingerprint density at radius 2 is 2.00 bits per heavy atom. The fraction of sp³-hybridized carbons (Fsp3) is 0.583. The van der Waals surface area contributed by atoms with Crippen molar-refractivity contribution in [3.63, 3.8) is 0 Å². The van der Waals surface area contributed by atoms with E-state index in [0.29, 0.717) is 13.1 Å². The summed E-state index contributed by atoms with van der Waals surface area (Å²) in [5, 5.41) is 12.5. The van der Waals surface area contributed by atoms with Crippen LogP contribution in [0.15, 0.2) is 10.9 Å². The molecule has 2 atom stereocenters. The minimum Gasteiger partial charge on any atom is -0.475 e. The van der Waals surface area contributed by atoms with Gasteiger partial charge in [-0.1, -0.05) is 0 Å². The Bertz CT molecular complexity index is 608. The van der Waals surface area contributed by atoms with Crippen molar-refractivity contribution in [1.29, 1.82) is 0 Å². The quantitative estimate of drug-likeness (QED) is 0.602. The third-order valence-electron chi connectivity index (χ3n) is 3.19. The summed E-state index contributed by atoms with van der Waals surface area (Å²) in [5.41, 5.74) is 6.28. The highest BCUT2D eigenvalue weighted by Crippen LogP contribution is 2.24. The van der Waals surface area contributed by atoms with Gasteiger partial charge in [-0.2, -0.15) is 13.2 Å². The Kier molecular flexibility index (Phi) is 5.96. The number of nitrogens with one attached hydrogen (secondary N) is 2. The number of aliphatic carboxylic acids is 1. The normalized spacial score (nSPS) is 19.0. The van der Waals surface area contributed by atoms with Crippen molar-refractivity contribution in [3.05, 3.63) is 22.1 Å². The summed E-state index contributed by atoms with van der Waals surface area (Å²) in [5.74, 6) is -2.57. The Morgan fingerprint density at radius 1 is 1.43 bits per heavy atom. The zero-order valence-electron chi connectivity index (χ0n) is 12.2. The molecule has 0 spiro atoms. The number of alkyl halides is 3. The van der Waals surface area contributed by atoms with Gasteiger partial charge in [0.2, 0.25) is 5.91 Å². The summed E-state index contributed by atoms with van der Waals surface area (Å²) >= 11 is 0. The molecule has 0 aliphatic carbocycles. The number of carboxylic acids is 1. The van der Waals surface area contributed by atoms with Crippen molar-refractivity contribution in [2.45, 2.75) is 31.5 Å². The van der Waals surface area contributed by atoms with E-state index in [1.54, 1.807) is 17.9 Å². The van der Waals surface area contributed by atoms with Crippen LogP contribution in [-0.4, -0.2) is 57.4 Å². The number of carbonyl (C=O) groups excluding carboxylic acids is 1. The summed E-state index contributed by atoms with van der Waals surface area (Å²) < 4.78 is 31.7. The Hall–Kier alpha value is -2.30. The van der Waals surface area contributed by atoms with Gasteiger partial charge >= 0.3 is 12.1 Å². The molecule has 8 nitrogen and oxygen atoms in total. The van der Waals surface area contributed by atoms with Gasteiger partial charge in [0, 0.05) is 30.8 Å². The van der Waals surface area contributed by atoms with Crippen molar-refractivity contribution in [2.24, 2.45) is 5.73 Å². The lowest BCUT2D eigenvalue weighted by molar-refractivity contribution is -0.192. The number of aromatic nitrogens is 2. The van der Waals surface area contributed by atoms with Gasteiger partial charge in [-0.25, -0.2) is 4.79 Å². The molecule has 1 aliphatic heterocycles.